The van der Waals surface area contributed by atoms with Crippen molar-refractivity contribution in [2.45, 2.75) is 0 Å². The first kappa shape index (κ1) is 12.3. The quantitative estimate of drug-likeness (QED) is 0.773. The summed E-state index contributed by atoms with van der Waals surface area (Å²) in [4.78, 5) is 1.10. The van der Waals surface area contributed by atoms with Crippen LogP contribution in [0.1, 0.15) is 0 Å². The van der Waals surface area contributed by atoms with Gasteiger partial charge in [0.2, 0.25) is 0 Å². The second-order valence-electron chi connectivity index (χ2n) is 4.19. The van der Waals surface area contributed by atoms with Crippen LogP contribution < -0.4 is 5.73 Å². The van der Waals surface area contributed by atoms with E-state index in [0.717, 1.165) is 21.7 Å². The first-order valence-corrected chi connectivity index (χ1v) is 7.05. The van der Waals surface area contributed by atoms with Gasteiger partial charge >= 0.3 is 0 Å². The highest BCUT2D eigenvalue weighted by Crippen LogP contribution is 2.40. The van der Waals surface area contributed by atoms with E-state index < -0.39 is 0 Å². The second kappa shape index (κ2) is 4.72. The lowest BCUT2D eigenvalue weighted by molar-refractivity contribution is 0.782. The van der Waals surface area contributed by atoms with Gasteiger partial charge < -0.3 is 5.73 Å². The van der Waals surface area contributed by atoms with Crippen LogP contribution in [0.4, 0.5) is 5.82 Å². The van der Waals surface area contributed by atoms with E-state index in [4.69, 9.17) is 17.3 Å². The zero-order chi connectivity index (χ0) is 13.4. The van der Waals surface area contributed by atoms with Crippen LogP contribution in [0, 0.1) is 0 Å². The number of nitrogen functional groups attached to an aromatic ring is 1. The Hall–Kier alpha value is -1.78. The van der Waals surface area contributed by atoms with Gasteiger partial charge in [0.25, 0.3) is 0 Å². The molecule has 0 saturated heterocycles. The molecular formula is C14H12ClN3S. The molecule has 19 heavy (non-hydrogen) atoms. The third-order valence-electron chi connectivity index (χ3n) is 2.99. The zero-order valence-corrected chi connectivity index (χ0v) is 11.9. The van der Waals surface area contributed by atoms with Gasteiger partial charge in [-0.1, -0.05) is 35.9 Å². The van der Waals surface area contributed by atoms with Gasteiger partial charge in [0.05, 0.1) is 10.6 Å². The van der Waals surface area contributed by atoms with E-state index in [-0.39, 0.29) is 0 Å². The molecule has 3 rings (SSSR count). The van der Waals surface area contributed by atoms with Crippen LogP contribution in [0.5, 0.6) is 0 Å². The summed E-state index contributed by atoms with van der Waals surface area (Å²) in [6.45, 7) is 0. The monoisotopic (exact) mass is 289 g/mol. The van der Waals surface area contributed by atoms with Crippen LogP contribution in [0.3, 0.4) is 0 Å². The lowest BCUT2D eigenvalue weighted by Crippen LogP contribution is -1.97. The summed E-state index contributed by atoms with van der Waals surface area (Å²) in [7, 11) is 1.84. The van der Waals surface area contributed by atoms with Crippen molar-refractivity contribution in [3.05, 3.63) is 46.8 Å². The predicted octanol–water partition coefficient (Wildman–Crippen LogP) is 4.05. The number of anilines is 1. The Labute approximate surface area is 120 Å². The van der Waals surface area contributed by atoms with E-state index in [1.807, 2.05) is 48.8 Å². The Morgan fingerprint density at radius 3 is 2.68 bits per heavy atom. The number of halogens is 1. The van der Waals surface area contributed by atoms with Crippen molar-refractivity contribution in [1.82, 2.24) is 9.78 Å². The van der Waals surface area contributed by atoms with Gasteiger partial charge in [-0.05, 0) is 17.5 Å². The number of nitrogens with two attached hydrogens (primary N) is 1. The summed E-state index contributed by atoms with van der Waals surface area (Å²) in [6, 6.07) is 11.7. The van der Waals surface area contributed by atoms with Crippen molar-refractivity contribution in [3.63, 3.8) is 0 Å². The summed E-state index contributed by atoms with van der Waals surface area (Å²) in [5.74, 6) is 0.650. The molecule has 5 heteroatoms. The summed E-state index contributed by atoms with van der Waals surface area (Å²) >= 11 is 7.91. The minimum absolute atomic E-state index is 0.650. The molecule has 2 aromatic heterocycles. The van der Waals surface area contributed by atoms with Gasteiger partial charge in [-0.25, -0.2) is 0 Å². The number of aromatic nitrogens is 2. The van der Waals surface area contributed by atoms with Crippen molar-refractivity contribution >= 4 is 28.8 Å². The van der Waals surface area contributed by atoms with E-state index >= 15 is 0 Å². The molecule has 0 amide bonds. The average Bonchev–Trinajstić information content (AvgIpc) is 3.00. The molecule has 2 heterocycles. The molecule has 3 aromatic rings. The number of hydrogen-bond donors (Lipinski definition) is 1. The normalized spacial score (nSPS) is 10.8. The molecule has 0 aliphatic carbocycles. The molecule has 0 spiro atoms. The minimum Gasteiger partial charge on any atom is -0.383 e. The number of aryl methyl sites for hydroxylation is 1. The Balaban J connectivity index is 2.29. The van der Waals surface area contributed by atoms with Crippen molar-refractivity contribution in [3.8, 4) is 21.7 Å². The summed E-state index contributed by atoms with van der Waals surface area (Å²) in [5.41, 5.74) is 8.83. The maximum atomic E-state index is 6.27. The molecule has 0 radical (unpaired) electrons. The van der Waals surface area contributed by atoms with E-state index in [0.29, 0.717) is 10.8 Å². The van der Waals surface area contributed by atoms with Gasteiger partial charge in [-0.3, -0.25) is 4.68 Å². The highest BCUT2D eigenvalue weighted by Gasteiger charge is 2.19. The van der Waals surface area contributed by atoms with Crippen molar-refractivity contribution in [2.24, 2.45) is 7.05 Å². The van der Waals surface area contributed by atoms with Crippen LogP contribution in [0.25, 0.3) is 21.7 Å². The highest BCUT2D eigenvalue weighted by atomic mass is 35.5. The van der Waals surface area contributed by atoms with Crippen molar-refractivity contribution < 1.29 is 0 Å². The molecule has 0 saturated carbocycles. The average molecular weight is 290 g/mol. The van der Waals surface area contributed by atoms with E-state index in [2.05, 4.69) is 5.10 Å². The Morgan fingerprint density at radius 1 is 1.21 bits per heavy atom. The number of benzene rings is 1. The highest BCUT2D eigenvalue weighted by molar-refractivity contribution is 7.13. The summed E-state index contributed by atoms with van der Waals surface area (Å²) in [6.07, 6.45) is 0. The minimum atomic E-state index is 0.650. The Kier molecular flexibility index (Phi) is 3.05. The first-order chi connectivity index (χ1) is 9.18. The fraction of sp³-hybridized carbons (Fsp3) is 0.0714. The lowest BCUT2D eigenvalue weighted by atomic mass is 10.1. The van der Waals surface area contributed by atoms with Crippen LogP contribution >= 0.6 is 22.9 Å². The van der Waals surface area contributed by atoms with Crippen LogP contribution in [-0.2, 0) is 7.05 Å². The number of hydrogen-bond acceptors (Lipinski definition) is 3. The van der Waals surface area contributed by atoms with E-state index in [9.17, 15) is 0 Å². The Bertz CT molecular complexity index is 716. The van der Waals surface area contributed by atoms with Gasteiger partial charge in [0.1, 0.15) is 11.5 Å². The fourth-order valence-electron chi connectivity index (χ4n) is 2.04. The van der Waals surface area contributed by atoms with Gasteiger partial charge in [0.15, 0.2) is 0 Å². The molecular weight excluding hydrogens is 278 g/mol. The largest absolute Gasteiger partial charge is 0.383 e. The third-order valence-corrected chi connectivity index (χ3v) is 4.21. The molecule has 2 N–H and O–H groups in total. The molecule has 0 aliphatic rings. The topological polar surface area (TPSA) is 43.8 Å². The third kappa shape index (κ3) is 2.03. The predicted molar refractivity (Wildman–Crippen MR) is 81.4 cm³/mol. The molecule has 0 bridgehead atoms. The van der Waals surface area contributed by atoms with Gasteiger partial charge in [0, 0.05) is 17.5 Å². The molecule has 0 fully saturated rings. The number of thiophene rings is 1. The van der Waals surface area contributed by atoms with Crippen LogP contribution in [0.2, 0.25) is 5.02 Å². The van der Waals surface area contributed by atoms with Crippen LogP contribution in [0.15, 0.2) is 41.8 Å². The first-order valence-electron chi connectivity index (χ1n) is 5.79. The molecule has 0 atom stereocenters. The van der Waals surface area contributed by atoms with Crippen LogP contribution in [-0.4, -0.2) is 9.78 Å². The van der Waals surface area contributed by atoms with Crippen molar-refractivity contribution in [1.29, 1.82) is 0 Å². The zero-order valence-electron chi connectivity index (χ0n) is 10.3. The van der Waals surface area contributed by atoms with E-state index in [1.165, 1.54) is 0 Å². The molecule has 0 aliphatic heterocycles. The molecule has 96 valence electrons. The maximum absolute atomic E-state index is 6.27. The van der Waals surface area contributed by atoms with Gasteiger partial charge in [-0.15, -0.1) is 11.3 Å². The molecule has 1 aromatic carbocycles. The molecule has 3 nitrogen and oxygen atoms in total. The smallest absolute Gasteiger partial charge is 0.130 e. The van der Waals surface area contributed by atoms with Crippen molar-refractivity contribution in [2.75, 3.05) is 5.73 Å². The summed E-state index contributed by atoms with van der Waals surface area (Å²) in [5, 5.41) is 7.22. The SMILES string of the molecule is Cn1nc(-c2ccccc2Cl)c(-c2cccs2)c1N. The number of rotatable bonds is 2. The Morgan fingerprint density at radius 2 is 2.00 bits per heavy atom. The molecule has 0 unspecified atom stereocenters. The second-order valence-corrected chi connectivity index (χ2v) is 5.54. The standard InChI is InChI=1S/C14H12ClN3S/c1-18-14(16)12(11-7-4-8-19-11)13(17-18)9-5-2-3-6-10(9)15/h2-8H,16H2,1H3. The van der Waals surface area contributed by atoms with E-state index in [1.54, 1.807) is 16.0 Å². The lowest BCUT2D eigenvalue weighted by Gasteiger charge is -2.03. The summed E-state index contributed by atoms with van der Waals surface area (Å²) < 4.78 is 1.69. The fourth-order valence-corrected chi connectivity index (χ4v) is 3.05. The number of nitrogens with zero attached hydrogens (tertiary/aromatic N) is 2. The van der Waals surface area contributed by atoms with Gasteiger partial charge in [-0.2, -0.15) is 5.10 Å². The maximum Gasteiger partial charge on any atom is 0.130 e.